The SMILES string of the molecule is CCn1ccc(Oc2ncc(N)cc2F)n1. The Labute approximate surface area is 91.7 Å². The molecule has 0 atom stereocenters. The van der Waals surface area contributed by atoms with E-state index in [1.807, 2.05) is 6.92 Å². The Bertz CT molecular complexity index is 497. The fourth-order valence-electron chi connectivity index (χ4n) is 1.19. The van der Waals surface area contributed by atoms with Crippen molar-refractivity contribution in [1.82, 2.24) is 14.8 Å². The van der Waals surface area contributed by atoms with Crippen molar-refractivity contribution < 1.29 is 9.13 Å². The van der Waals surface area contributed by atoms with Crippen molar-refractivity contribution in [2.24, 2.45) is 0 Å². The summed E-state index contributed by atoms with van der Waals surface area (Å²) in [6.45, 7) is 2.67. The van der Waals surface area contributed by atoms with Crippen LogP contribution in [0.5, 0.6) is 11.8 Å². The van der Waals surface area contributed by atoms with Crippen LogP contribution in [0, 0.1) is 5.82 Å². The number of hydrogen-bond donors (Lipinski definition) is 1. The standard InChI is InChI=1S/C10H11FN4O/c1-2-15-4-3-9(14-15)16-10-8(11)5-7(12)6-13-10/h3-6H,2,12H2,1H3. The van der Waals surface area contributed by atoms with E-state index >= 15 is 0 Å². The lowest BCUT2D eigenvalue weighted by molar-refractivity contribution is 0.401. The predicted molar refractivity (Wildman–Crippen MR) is 56.6 cm³/mol. The lowest BCUT2D eigenvalue weighted by Gasteiger charge is -2.02. The molecule has 5 nitrogen and oxygen atoms in total. The van der Waals surface area contributed by atoms with E-state index in [0.29, 0.717) is 5.88 Å². The molecule has 0 aliphatic rings. The van der Waals surface area contributed by atoms with Crippen LogP contribution >= 0.6 is 0 Å². The summed E-state index contributed by atoms with van der Waals surface area (Å²) < 4.78 is 20.2. The molecule has 0 saturated carbocycles. The molecule has 0 spiro atoms. The van der Waals surface area contributed by atoms with E-state index in [2.05, 4.69) is 10.1 Å². The summed E-state index contributed by atoms with van der Waals surface area (Å²) in [5, 5.41) is 4.04. The molecule has 6 heteroatoms. The van der Waals surface area contributed by atoms with Gasteiger partial charge in [0.2, 0.25) is 5.88 Å². The second-order valence-corrected chi connectivity index (χ2v) is 3.17. The summed E-state index contributed by atoms with van der Waals surface area (Å²) in [5.74, 6) is -0.431. The highest BCUT2D eigenvalue weighted by molar-refractivity contribution is 5.37. The van der Waals surface area contributed by atoms with Gasteiger partial charge < -0.3 is 10.5 Å². The molecule has 0 unspecified atom stereocenters. The van der Waals surface area contributed by atoms with Gasteiger partial charge in [-0.15, -0.1) is 5.10 Å². The van der Waals surface area contributed by atoms with Crippen LogP contribution in [0.2, 0.25) is 0 Å². The third kappa shape index (κ3) is 2.10. The Balaban J connectivity index is 2.20. The van der Waals surface area contributed by atoms with Crippen molar-refractivity contribution in [3.63, 3.8) is 0 Å². The largest absolute Gasteiger partial charge is 0.416 e. The van der Waals surface area contributed by atoms with Crippen LogP contribution in [-0.2, 0) is 6.54 Å². The van der Waals surface area contributed by atoms with Crippen LogP contribution < -0.4 is 10.5 Å². The highest BCUT2D eigenvalue weighted by Gasteiger charge is 2.08. The molecular formula is C10H11FN4O. The Kier molecular flexibility index (Phi) is 2.72. The number of halogens is 1. The van der Waals surface area contributed by atoms with E-state index < -0.39 is 5.82 Å². The first-order chi connectivity index (χ1) is 7.69. The third-order valence-electron chi connectivity index (χ3n) is 1.97. The summed E-state index contributed by atoms with van der Waals surface area (Å²) in [4.78, 5) is 3.74. The summed E-state index contributed by atoms with van der Waals surface area (Å²) >= 11 is 0. The van der Waals surface area contributed by atoms with Gasteiger partial charge in [0.25, 0.3) is 5.88 Å². The van der Waals surface area contributed by atoms with Crippen LogP contribution in [0.1, 0.15) is 6.92 Å². The van der Waals surface area contributed by atoms with Gasteiger partial charge in [-0.2, -0.15) is 0 Å². The molecule has 0 aromatic carbocycles. The highest BCUT2D eigenvalue weighted by Crippen LogP contribution is 2.21. The van der Waals surface area contributed by atoms with Gasteiger partial charge in [0.1, 0.15) is 0 Å². The molecule has 2 aromatic heterocycles. The zero-order valence-corrected chi connectivity index (χ0v) is 8.72. The molecule has 16 heavy (non-hydrogen) atoms. The average Bonchev–Trinajstić information content (AvgIpc) is 2.70. The molecule has 0 aliphatic heterocycles. The molecule has 0 aliphatic carbocycles. The van der Waals surface area contributed by atoms with Gasteiger partial charge in [0.15, 0.2) is 5.82 Å². The molecule has 2 N–H and O–H groups in total. The topological polar surface area (TPSA) is 66.0 Å². The average molecular weight is 222 g/mol. The minimum atomic E-state index is -0.606. The van der Waals surface area contributed by atoms with E-state index in [4.69, 9.17) is 10.5 Å². The zero-order chi connectivity index (χ0) is 11.5. The van der Waals surface area contributed by atoms with Crippen molar-refractivity contribution >= 4 is 5.69 Å². The number of nitrogen functional groups attached to an aromatic ring is 1. The summed E-state index contributed by atoms with van der Waals surface area (Å²) in [5.41, 5.74) is 5.62. The molecule has 84 valence electrons. The number of hydrogen-bond acceptors (Lipinski definition) is 4. The Morgan fingerprint density at radius 3 is 3.00 bits per heavy atom. The first-order valence-electron chi connectivity index (χ1n) is 4.81. The number of aromatic nitrogens is 3. The van der Waals surface area contributed by atoms with Gasteiger partial charge in [-0.1, -0.05) is 0 Å². The number of anilines is 1. The van der Waals surface area contributed by atoms with Crippen LogP contribution in [-0.4, -0.2) is 14.8 Å². The van der Waals surface area contributed by atoms with Crippen molar-refractivity contribution in [2.45, 2.75) is 13.5 Å². The fourth-order valence-corrected chi connectivity index (χ4v) is 1.19. The molecule has 2 rings (SSSR count). The summed E-state index contributed by atoms with van der Waals surface area (Å²) in [6, 6.07) is 2.79. The monoisotopic (exact) mass is 222 g/mol. The molecule has 2 aromatic rings. The van der Waals surface area contributed by atoms with Crippen molar-refractivity contribution in [3.05, 3.63) is 30.3 Å². The van der Waals surface area contributed by atoms with E-state index in [9.17, 15) is 4.39 Å². The number of ether oxygens (including phenoxy) is 1. The van der Waals surface area contributed by atoms with Crippen molar-refractivity contribution in [1.29, 1.82) is 0 Å². The number of nitrogens with zero attached hydrogens (tertiary/aromatic N) is 3. The Hall–Kier alpha value is -2.11. The number of pyridine rings is 1. The van der Waals surface area contributed by atoms with Crippen molar-refractivity contribution in [2.75, 3.05) is 5.73 Å². The van der Waals surface area contributed by atoms with E-state index in [0.717, 1.165) is 12.6 Å². The number of rotatable bonds is 3. The van der Waals surface area contributed by atoms with Gasteiger partial charge in [0, 0.05) is 24.9 Å². The van der Waals surface area contributed by atoms with E-state index in [1.54, 1.807) is 16.9 Å². The first kappa shape index (κ1) is 10.4. The molecule has 0 saturated heterocycles. The van der Waals surface area contributed by atoms with Crippen LogP contribution in [0.15, 0.2) is 24.5 Å². The zero-order valence-electron chi connectivity index (χ0n) is 8.72. The quantitative estimate of drug-likeness (QED) is 0.860. The molecular weight excluding hydrogens is 211 g/mol. The molecule has 0 radical (unpaired) electrons. The molecule has 0 fully saturated rings. The second kappa shape index (κ2) is 4.18. The normalized spacial score (nSPS) is 10.4. The Morgan fingerprint density at radius 1 is 1.56 bits per heavy atom. The second-order valence-electron chi connectivity index (χ2n) is 3.17. The maximum Gasteiger partial charge on any atom is 0.257 e. The summed E-state index contributed by atoms with van der Waals surface area (Å²) in [6.07, 6.45) is 3.07. The Morgan fingerprint density at radius 2 is 2.38 bits per heavy atom. The van der Waals surface area contributed by atoms with Gasteiger partial charge in [0.05, 0.1) is 11.9 Å². The van der Waals surface area contributed by atoms with Gasteiger partial charge in [-0.3, -0.25) is 4.68 Å². The molecule has 2 heterocycles. The van der Waals surface area contributed by atoms with Crippen molar-refractivity contribution in [3.8, 4) is 11.8 Å². The molecule has 0 bridgehead atoms. The number of aryl methyl sites for hydroxylation is 1. The first-order valence-corrected chi connectivity index (χ1v) is 4.81. The van der Waals surface area contributed by atoms with Gasteiger partial charge in [-0.25, -0.2) is 9.37 Å². The lowest BCUT2D eigenvalue weighted by atomic mass is 10.4. The van der Waals surface area contributed by atoms with Gasteiger partial charge in [-0.05, 0) is 6.92 Å². The summed E-state index contributed by atoms with van der Waals surface area (Å²) in [7, 11) is 0. The predicted octanol–water partition coefficient (Wildman–Crippen LogP) is 1.81. The van der Waals surface area contributed by atoms with Crippen LogP contribution in [0.25, 0.3) is 0 Å². The maximum atomic E-state index is 13.3. The van der Waals surface area contributed by atoms with Gasteiger partial charge >= 0.3 is 0 Å². The minimum absolute atomic E-state index is 0.129. The minimum Gasteiger partial charge on any atom is -0.416 e. The smallest absolute Gasteiger partial charge is 0.257 e. The fraction of sp³-hybridized carbons (Fsp3) is 0.200. The maximum absolute atomic E-state index is 13.3. The van der Waals surface area contributed by atoms with E-state index in [-0.39, 0.29) is 11.6 Å². The molecule has 0 amide bonds. The number of nitrogens with two attached hydrogens (primary N) is 1. The lowest BCUT2D eigenvalue weighted by Crippen LogP contribution is -1.97. The third-order valence-corrected chi connectivity index (χ3v) is 1.97. The van der Waals surface area contributed by atoms with Crippen LogP contribution in [0.3, 0.4) is 0 Å². The van der Waals surface area contributed by atoms with E-state index in [1.165, 1.54) is 6.20 Å². The van der Waals surface area contributed by atoms with Crippen LogP contribution in [0.4, 0.5) is 10.1 Å². The highest BCUT2D eigenvalue weighted by atomic mass is 19.1.